The SMILES string of the molecule is CN(C)CCN1CC(S(=O)(=O)c2cccc(F)c2)c2ccsc21. The van der Waals surface area contributed by atoms with Crippen LogP contribution in [0.15, 0.2) is 40.6 Å². The predicted molar refractivity (Wildman–Crippen MR) is 91.4 cm³/mol. The fraction of sp³-hybridized carbons (Fsp3) is 0.375. The minimum absolute atomic E-state index is 0.0501. The third-order valence-electron chi connectivity index (χ3n) is 4.01. The molecule has 1 aliphatic heterocycles. The minimum Gasteiger partial charge on any atom is -0.360 e. The van der Waals surface area contributed by atoms with Crippen LogP contribution in [0.4, 0.5) is 9.39 Å². The average molecular weight is 354 g/mol. The molecule has 3 rings (SSSR count). The molecular weight excluding hydrogens is 335 g/mol. The van der Waals surface area contributed by atoms with E-state index in [0.29, 0.717) is 6.54 Å². The molecule has 0 aliphatic carbocycles. The van der Waals surface area contributed by atoms with Crippen molar-refractivity contribution >= 4 is 26.2 Å². The molecule has 1 unspecified atom stereocenters. The van der Waals surface area contributed by atoms with Crippen molar-refractivity contribution in [2.45, 2.75) is 10.1 Å². The molecule has 1 aromatic heterocycles. The Morgan fingerprint density at radius 2 is 2.13 bits per heavy atom. The average Bonchev–Trinajstić information content (AvgIpc) is 3.07. The molecule has 1 atom stereocenters. The Morgan fingerprint density at radius 1 is 1.35 bits per heavy atom. The monoisotopic (exact) mass is 354 g/mol. The fourth-order valence-corrected chi connectivity index (χ4v) is 5.64. The Bertz CT molecular complexity index is 802. The highest BCUT2D eigenvalue weighted by molar-refractivity contribution is 7.91. The summed E-state index contributed by atoms with van der Waals surface area (Å²) in [7, 11) is 0.380. The lowest BCUT2D eigenvalue weighted by Gasteiger charge is -2.21. The van der Waals surface area contributed by atoms with Crippen molar-refractivity contribution in [2.75, 3.05) is 38.6 Å². The highest BCUT2D eigenvalue weighted by Gasteiger charge is 2.39. The minimum atomic E-state index is -3.60. The number of hydrogen-bond acceptors (Lipinski definition) is 5. The summed E-state index contributed by atoms with van der Waals surface area (Å²) < 4.78 is 39.3. The van der Waals surface area contributed by atoms with Crippen molar-refractivity contribution in [1.29, 1.82) is 0 Å². The summed E-state index contributed by atoms with van der Waals surface area (Å²) in [6, 6.07) is 7.14. The summed E-state index contributed by atoms with van der Waals surface area (Å²) in [5, 5.41) is 2.30. The van der Waals surface area contributed by atoms with Gasteiger partial charge in [-0.05, 0) is 43.7 Å². The Balaban J connectivity index is 1.92. The van der Waals surface area contributed by atoms with Crippen LogP contribution in [0, 0.1) is 5.82 Å². The first-order valence-corrected chi connectivity index (χ1v) is 9.78. The first-order chi connectivity index (χ1) is 10.9. The molecule has 1 aromatic carbocycles. The molecule has 2 aromatic rings. The van der Waals surface area contributed by atoms with E-state index < -0.39 is 20.9 Å². The maximum absolute atomic E-state index is 13.4. The lowest BCUT2D eigenvalue weighted by atomic mass is 10.3. The van der Waals surface area contributed by atoms with Crippen LogP contribution in [-0.4, -0.2) is 47.0 Å². The Hall–Kier alpha value is -1.44. The number of rotatable bonds is 5. The number of likely N-dealkylation sites (N-methyl/N-ethyl adjacent to an activating group) is 1. The second-order valence-corrected chi connectivity index (χ2v) is 8.95. The summed E-state index contributed by atoms with van der Waals surface area (Å²) in [6.07, 6.45) is 0. The normalized spacial score (nSPS) is 17.7. The number of nitrogens with zero attached hydrogens (tertiary/aromatic N) is 2. The molecule has 0 radical (unpaired) electrons. The van der Waals surface area contributed by atoms with Gasteiger partial charge in [-0.2, -0.15) is 0 Å². The lowest BCUT2D eigenvalue weighted by Crippen LogP contribution is -2.31. The number of benzene rings is 1. The van der Waals surface area contributed by atoms with Crippen LogP contribution in [0.25, 0.3) is 0 Å². The Kier molecular flexibility index (Phi) is 4.44. The van der Waals surface area contributed by atoms with Crippen LogP contribution < -0.4 is 4.90 Å². The smallest absolute Gasteiger partial charge is 0.187 e. The largest absolute Gasteiger partial charge is 0.360 e. The molecule has 0 saturated carbocycles. The lowest BCUT2D eigenvalue weighted by molar-refractivity contribution is 0.414. The van der Waals surface area contributed by atoms with Crippen molar-refractivity contribution in [3.63, 3.8) is 0 Å². The maximum atomic E-state index is 13.4. The molecule has 23 heavy (non-hydrogen) atoms. The van der Waals surface area contributed by atoms with Crippen LogP contribution in [0.3, 0.4) is 0 Å². The van der Waals surface area contributed by atoms with Crippen LogP contribution in [-0.2, 0) is 9.84 Å². The van der Waals surface area contributed by atoms with E-state index in [1.165, 1.54) is 18.2 Å². The molecule has 0 bridgehead atoms. The molecule has 4 nitrogen and oxygen atoms in total. The van der Waals surface area contributed by atoms with Gasteiger partial charge in [0.15, 0.2) is 9.84 Å². The van der Waals surface area contributed by atoms with Gasteiger partial charge in [0.1, 0.15) is 11.1 Å². The van der Waals surface area contributed by atoms with Gasteiger partial charge in [-0.1, -0.05) is 6.07 Å². The second-order valence-electron chi connectivity index (χ2n) is 5.92. The third-order valence-corrected chi connectivity index (χ3v) is 7.06. The molecule has 0 fully saturated rings. The number of sulfone groups is 1. The molecule has 7 heteroatoms. The number of anilines is 1. The molecule has 1 aliphatic rings. The summed E-state index contributed by atoms with van der Waals surface area (Å²) in [5.74, 6) is -0.529. The second kappa shape index (κ2) is 6.22. The van der Waals surface area contributed by atoms with Gasteiger partial charge < -0.3 is 9.80 Å². The number of hydrogen-bond donors (Lipinski definition) is 0. The zero-order valence-corrected chi connectivity index (χ0v) is 14.7. The summed E-state index contributed by atoms with van der Waals surface area (Å²) in [5.41, 5.74) is 0.831. The molecule has 0 amide bonds. The summed E-state index contributed by atoms with van der Waals surface area (Å²) in [4.78, 5) is 4.23. The van der Waals surface area contributed by atoms with E-state index in [4.69, 9.17) is 0 Å². The first-order valence-electron chi connectivity index (χ1n) is 7.36. The summed E-state index contributed by atoms with van der Waals surface area (Å²) in [6.45, 7) is 2.05. The zero-order valence-electron chi connectivity index (χ0n) is 13.1. The highest BCUT2D eigenvalue weighted by atomic mass is 32.2. The molecule has 2 heterocycles. The van der Waals surface area contributed by atoms with Gasteiger partial charge in [-0.15, -0.1) is 11.3 Å². The third kappa shape index (κ3) is 3.13. The molecular formula is C16H19FN2O2S2. The Labute approximate surface area is 140 Å². The van der Waals surface area contributed by atoms with Crippen molar-refractivity contribution in [2.24, 2.45) is 0 Å². The first kappa shape index (κ1) is 16.4. The van der Waals surface area contributed by atoms with Crippen LogP contribution in [0.5, 0.6) is 0 Å². The molecule has 124 valence electrons. The molecule has 0 saturated heterocycles. The van der Waals surface area contributed by atoms with Crippen molar-refractivity contribution in [1.82, 2.24) is 4.90 Å². The van der Waals surface area contributed by atoms with Gasteiger partial charge in [0, 0.05) is 25.2 Å². The molecule has 0 spiro atoms. The van der Waals surface area contributed by atoms with Gasteiger partial charge in [0.25, 0.3) is 0 Å². The fourth-order valence-electron chi connectivity index (χ4n) is 2.78. The predicted octanol–water partition coefficient (Wildman–Crippen LogP) is 2.78. The Morgan fingerprint density at radius 3 is 2.83 bits per heavy atom. The van der Waals surface area contributed by atoms with Gasteiger partial charge in [0.05, 0.1) is 9.90 Å². The van der Waals surface area contributed by atoms with E-state index in [0.717, 1.165) is 29.7 Å². The zero-order chi connectivity index (χ0) is 16.6. The topological polar surface area (TPSA) is 40.6 Å². The van der Waals surface area contributed by atoms with E-state index in [9.17, 15) is 12.8 Å². The van der Waals surface area contributed by atoms with Gasteiger partial charge in [-0.25, -0.2) is 12.8 Å². The van der Waals surface area contributed by atoms with E-state index in [1.807, 2.05) is 25.5 Å². The van der Waals surface area contributed by atoms with Crippen molar-refractivity contribution in [3.05, 3.63) is 47.1 Å². The van der Waals surface area contributed by atoms with Gasteiger partial charge in [-0.3, -0.25) is 0 Å². The maximum Gasteiger partial charge on any atom is 0.187 e. The van der Waals surface area contributed by atoms with E-state index in [1.54, 1.807) is 11.3 Å². The van der Waals surface area contributed by atoms with Crippen molar-refractivity contribution in [3.8, 4) is 0 Å². The van der Waals surface area contributed by atoms with Gasteiger partial charge in [0.2, 0.25) is 0 Å². The van der Waals surface area contributed by atoms with Crippen molar-refractivity contribution < 1.29 is 12.8 Å². The number of halogens is 1. The van der Waals surface area contributed by atoms with Crippen LogP contribution in [0.2, 0.25) is 0 Å². The van der Waals surface area contributed by atoms with E-state index >= 15 is 0 Å². The van der Waals surface area contributed by atoms with Crippen LogP contribution >= 0.6 is 11.3 Å². The van der Waals surface area contributed by atoms with Crippen LogP contribution in [0.1, 0.15) is 10.8 Å². The van der Waals surface area contributed by atoms with E-state index in [-0.39, 0.29) is 4.90 Å². The standard InChI is InChI=1S/C16H19FN2O2S2/c1-18(2)7-8-19-11-15(14-6-9-22-16(14)19)23(20,21)13-5-3-4-12(17)10-13/h3-6,9-10,15H,7-8,11H2,1-2H3. The molecule has 0 N–H and O–H groups in total. The van der Waals surface area contributed by atoms with Gasteiger partial charge >= 0.3 is 0 Å². The summed E-state index contributed by atoms with van der Waals surface area (Å²) >= 11 is 1.56. The number of thiophene rings is 1. The quantitative estimate of drug-likeness (QED) is 0.828. The number of fused-ring (bicyclic) bond motifs is 1. The van der Waals surface area contributed by atoms with E-state index in [2.05, 4.69) is 9.80 Å². The highest BCUT2D eigenvalue weighted by Crippen LogP contribution is 2.44.